The van der Waals surface area contributed by atoms with Gasteiger partial charge in [-0.3, -0.25) is 9.59 Å². The summed E-state index contributed by atoms with van der Waals surface area (Å²) in [7, 11) is 0. The van der Waals surface area contributed by atoms with Crippen molar-refractivity contribution in [2.24, 2.45) is 17.8 Å². The molecule has 4 nitrogen and oxygen atoms in total. The highest BCUT2D eigenvalue weighted by Crippen LogP contribution is 2.34. The molecule has 1 aliphatic rings. The topological polar surface area (TPSA) is 74.6 Å². The van der Waals surface area contributed by atoms with E-state index < -0.39 is 12.1 Å². The fraction of sp³-hybridized carbons (Fsp3) is 0.789. The van der Waals surface area contributed by atoms with Crippen molar-refractivity contribution in [2.45, 2.75) is 77.7 Å². The number of carboxylic acids is 1. The molecule has 0 amide bonds. The highest BCUT2D eigenvalue weighted by Gasteiger charge is 2.32. The standard InChI is InChI=1S/C19H32O4/c1-3-7-14(2)17(20)12-10-15-11-13-18(21)16(15)8-5-4-6-9-19(22)23/h10,12,14-17,20H,3-9,11,13H2,1-2H3,(H,22,23)/t14?,15-,16+,17?/m1/s1. The van der Waals surface area contributed by atoms with Gasteiger partial charge >= 0.3 is 5.97 Å². The third-order valence-electron chi connectivity index (χ3n) is 4.94. The molecule has 0 heterocycles. The van der Waals surface area contributed by atoms with Gasteiger partial charge in [0.05, 0.1) is 6.10 Å². The maximum atomic E-state index is 12.0. The number of aliphatic hydroxyl groups is 1. The molecule has 2 N–H and O–H groups in total. The predicted octanol–water partition coefficient (Wildman–Crippen LogP) is 3.97. The van der Waals surface area contributed by atoms with E-state index in [0.29, 0.717) is 18.6 Å². The van der Waals surface area contributed by atoms with Crippen LogP contribution >= 0.6 is 0 Å². The van der Waals surface area contributed by atoms with E-state index in [0.717, 1.165) is 38.5 Å². The van der Waals surface area contributed by atoms with Gasteiger partial charge in [-0.05, 0) is 37.5 Å². The summed E-state index contributed by atoms with van der Waals surface area (Å²) >= 11 is 0. The first kappa shape index (κ1) is 19.9. The molecule has 0 aromatic heterocycles. The number of allylic oxidation sites excluding steroid dienone is 1. The second kappa shape index (κ2) is 10.6. The zero-order chi connectivity index (χ0) is 17.2. The molecule has 1 fully saturated rings. The summed E-state index contributed by atoms with van der Waals surface area (Å²) in [6.45, 7) is 4.17. The smallest absolute Gasteiger partial charge is 0.303 e. The van der Waals surface area contributed by atoms with Crippen molar-refractivity contribution in [2.75, 3.05) is 0 Å². The SMILES string of the molecule is CCCC(C)C(O)C=C[C@@H]1CCC(=O)[C@H]1CCCCCC(=O)O. The molecular weight excluding hydrogens is 292 g/mol. The number of ketones is 1. The second-order valence-corrected chi connectivity index (χ2v) is 6.91. The molecule has 1 aliphatic carbocycles. The van der Waals surface area contributed by atoms with E-state index in [9.17, 15) is 14.7 Å². The lowest BCUT2D eigenvalue weighted by Gasteiger charge is -2.17. The Morgan fingerprint density at radius 1 is 1.35 bits per heavy atom. The first-order valence-electron chi connectivity index (χ1n) is 9.06. The third-order valence-corrected chi connectivity index (χ3v) is 4.94. The monoisotopic (exact) mass is 324 g/mol. The Morgan fingerprint density at radius 3 is 2.74 bits per heavy atom. The molecule has 23 heavy (non-hydrogen) atoms. The highest BCUT2D eigenvalue weighted by atomic mass is 16.4. The molecule has 0 spiro atoms. The number of rotatable bonds is 11. The fourth-order valence-electron chi connectivity index (χ4n) is 3.43. The van der Waals surface area contributed by atoms with Crippen molar-refractivity contribution < 1.29 is 19.8 Å². The molecule has 0 bridgehead atoms. The Balaban J connectivity index is 2.41. The number of unbranched alkanes of at least 4 members (excludes halogenated alkanes) is 2. The first-order valence-corrected chi connectivity index (χ1v) is 9.06. The summed E-state index contributed by atoms with van der Waals surface area (Å²) in [5.74, 6) is 0.130. The average Bonchev–Trinajstić information content (AvgIpc) is 2.85. The number of hydrogen-bond donors (Lipinski definition) is 2. The molecule has 1 saturated carbocycles. The van der Waals surface area contributed by atoms with E-state index in [4.69, 9.17) is 5.11 Å². The molecule has 4 atom stereocenters. The van der Waals surface area contributed by atoms with Crippen molar-refractivity contribution in [1.29, 1.82) is 0 Å². The summed E-state index contributed by atoms with van der Waals surface area (Å²) in [6, 6.07) is 0. The van der Waals surface area contributed by atoms with Gasteiger partial charge in [0.1, 0.15) is 5.78 Å². The maximum absolute atomic E-state index is 12.0. The molecule has 0 aromatic rings. The summed E-state index contributed by atoms with van der Waals surface area (Å²) in [4.78, 5) is 22.5. The number of carbonyl (C=O) groups excluding carboxylic acids is 1. The number of carboxylic acid groups (broad SMARTS) is 1. The lowest BCUT2D eigenvalue weighted by molar-refractivity contribution is -0.137. The highest BCUT2D eigenvalue weighted by molar-refractivity contribution is 5.83. The quantitative estimate of drug-likeness (QED) is 0.445. The Morgan fingerprint density at radius 2 is 2.09 bits per heavy atom. The minimum atomic E-state index is -0.752. The van der Waals surface area contributed by atoms with E-state index in [2.05, 4.69) is 13.8 Å². The zero-order valence-electron chi connectivity index (χ0n) is 14.5. The van der Waals surface area contributed by atoms with Crippen LogP contribution in [0.2, 0.25) is 0 Å². The number of carbonyl (C=O) groups is 2. The maximum Gasteiger partial charge on any atom is 0.303 e. The largest absolute Gasteiger partial charge is 0.481 e. The lowest BCUT2D eigenvalue weighted by atomic mass is 9.88. The molecule has 0 aromatic carbocycles. The van der Waals surface area contributed by atoms with Gasteiger partial charge in [-0.2, -0.15) is 0 Å². The van der Waals surface area contributed by atoms with Gasteiger partial charge in [0, 0.05) is 18.8 Å². The summed E-state index contributed by atoms with van der Waals surface area (Å²) in [5.41, 5.74) is 0. The molecule has 0 aliphatic heterocycles. The van der Waals surface area contributed by atoms with Crippen LogP contribution in [0.15, 0.2) is 12.2 Å². The molecule has 1 rings (SSSR count). The van der Waals surface area contributed by atoms with Gasteiger partial charge in [0.15, 0.2) is 0 Å². The van der Waals surface area contributed by atoms with Gasteiger partial charge in [0.25, 0.3) is 0 Å². The normalized spacial score (nSPS) is 24.2. The molecule has 132 valence electrons. The van der Waals surface area contributed by atoms with Crippen LogP contribution in [0, 0.1) is 17.8 Å². The van der Waals surface area contributed by atoms with Gasteiger partial charge in [-0.1, -0.05) is 45.3 Å². The Labute approximate surface area is 140 Å². The van der Waals surface area contributed by atoms with E-state index in [-0.39, 0.29) is 24.2 Å². The molecule has 0 radical (unpaired) electrons. The number of aliphatic carboxylic acids is 1. The van der Waals surface area contributed by atoms with Crippen molar-refractivity contribution in [3.05, 3.63) is 12.2 Å². The lowest BCUT2D eigenvalue weighted by Crippen LogP contribution is -2.17. The van der Waals surface area contributed by atoms with Gasteiger partial charge in [-0.15, -0.1) is 0 Å². The van der Waals surface area contributed by atoms with Gasteiger partial charge in [0.2, 0.25) is 0 Å². The molecule has 4 heteroatoms. The van der Waals surface area contributed by atoms with E-state index in [1.54, 1.807) is 0 Å². The Kier molecular flexibility index (Phi) is 9.15. The Hall–Kier alpha value is -1.16. The van der Waals surface area contributed by atoms with E-state index in [1.165, 1.54) is 0 Å². The van der Waals surface area contributed by atoms with Crippen LogP contribution in [0.4, 0.5) is 0 Å². The fourth-order valence-corrected chi connectivity index (χ4v) is 3.43. The number of Topliss-reactive ketones (excluding diaryl/α,β-unsaturated/α-hetero) is 1. The summed E-state index contributed by atoms with van der Waals surface area (Å²) < 4.78 is 0. The average molecular weight is 324 g/mol. The molecular formula is C19H32O4. The summed E-state index contributed by atoms with van der Waals surface area (Å²) in [6.07, 6.45) is 10.6. The third kappa shape index (κ3) is 7.30. The number of aliphatic hydroxyl groups excluding tert-OH is 1. The van der Waals surface area contributed by atoms with Crippen LogP contribution in [-0.2, 0) is 9.59 Å². The second-order valence-electron chi connectivity index (χ2n) is 6.91. The van der Waals surface area contributed by atoms with Crippen LogP contribution < -0.4 is 0 Å². The van der Waals surface area contributed by atoms with Gasteiger partial charge < -0.3 is 10.2 Å². The molecule has 2 unspecified atom stereocenters. The van der Waals surface area contributed by atoms with Crippen LogP contribution in [-0.4, -0.2) is 28.1 Å². The van der Waals surface area contributed by atoms with Crippen LogP contribution in [0.1, 0.15) is 71.6 Å². The Bertz CT molecular complexity index is 402. The molecule has 0 saturated heterocycles. The van der Waals surface area contributed by atoms with Crippen LogP contribution in [0.25, 0.3) is 0 Å². The van der Waals surface area contributed by atoms with Crippen molar-refractivity contribution in [1.82, 2.24) is 0 Å². The van der Waals surface area contributed by atoms with Crippen molar-refractivity contribution >= 4 is 11.8 Å². The van der Waals surface area contributed by atoms with E-state index >= 15 is 0 Å². The number of hydrogen-bond acceptors (Lipinski definition) is 3. The predicted molar refractivity (Wildman–Crippen MR) is 91.2 cm³/mol. The summed E-state index contributed by atoms with van der Waals surface area (Å²) in [5, 5.41) is 18.8. The minimum absolute atomic E-state index is 0.0600. The zero-order valence-corrected chi connectivity index (χ0v) is 14.5. The minimum Gasteiger partial charge on any atom is -0.481 e. The first-order chi connectivity index (χ1) is 11.0. The van der Waals surface area contributed by atoms with E-state index in [1.807, 2.05) is 12.2 Å². The van der Waals surface area contributed by atoms with Crippen LogP contribution in [0.5, 0.6) is 0 Å². The van der Waals surface area contributed by atoms with Crippen LogP contribution in [0.3, 0.4) is 0 Å². The van der Waals surface area contributed by atoms with Crippen molar-refractivity contribution in [3.8, 4) is 0 Å². The van der Waals surface area contributed by atoms with Gasteiger partial charge in [-0.25, -0.2) is 0 Å². The van der Waals surface area contributed by atoms with Crippen molar-refractivity contribution in [3.63, 3.8) is 0 Å².